The van der Waals surface area contributed by atoms with E-state index >= 15 is 0 Å². The predicted molar refractivity (Wildman–Crippen MR) is 55.8 cm³/mol. The van der Waals surface area contributed by atoms with Crippen LogP contribution in [0.4, 0.5) is 0 Å². The van der Waals surface area contributed by atoms with Gasteiger partial charge in [0, 0.05) is 11.8 Å². The van der Waals surface area contributed by atoms with Crippen molar-refractivity contribution >= 4 is 0 Å². The van der Waals surface area contributed by atoms with Crippen LogP contribution >= 0.6 is 0 Å². The van der Waals surface area contributed by atoms with E-state index in [-0.39, 0.29) is 6.04 Å². The molecular weight excluding hydrogens is 174 g/mol. The highest BCUT2D eigenvalue weighted by atomic mass is 15.1. The molecule has 14 heavy (non-hydrogen) atoms. The molecule has 3 N–H and O–H groups in total. The molecule has 0 saturated carbocycles. The maximum Gasteiger partial charge on any atom is 0.0582 e. The van der Waals surface area contributed by atoms with E-state index in [0.29, 0.717) is 0 Å². The van der Waals surface area contributed by atoms with E-state index in [4.69, 9.17) is 5.73 Å². The summed E-state index contributed by atoms with van der Waals surface area (Å²) in [5, 5.41) is 6.64. The van der Waals surface area contributed by atoms with Crippen molar-refractivity contribution < 1.29 is 0 Å². The first kappa shape index (κ1) is 8.97. The molecule has 0 saturated heterocycles. The van der Waals surface area contributed by atoms with Gasteiger partial charge in [0.15, 0.2) is 0 Å². The van der Waals surface area contributed by atoms with Crippen molar-refractivity contribution in [1.29, 1.82) is 0 Å². The van der Waals surface area contributed by atoms with Crippen molar-refractivity contribution in [1.82, 2.24) is 10.2 Å². The van der Waals surface area contributed by atoms with Crippen molar-refractivity contribution in [3.8, 4) is 0 Å². The minimum Gasteiger partial charge on any atom is -0.320 e. The Labute approximate surface area is 83.0 Å². The third kappa shape index (κ3) is 1.67. The zero-order chi connectivity index (χ0) is 9.97. The number of aromatic nitrogens is 2. The first-order valence-corrected chi connectivity index (χ1v) is 4.58. The van der Waals surface area contributed by atoms with Gasteiger partial charge in [-0.15, -0.1) is 0 Å². The molecule has 0 aliphatic carbocycles. The van der Waals surface area contributed by atoms with E-state index in [0.717, 1.165) is 11.1 Å². The quantitative estimate of drug-likeness (QED) is 0.752. The number of rotatable bonds is 2. The lowest BCUT2D eigenvalue weighted by Gasteiger charge is -2.09. The summed E-state index contributed by atoms with van der Waals surface area (Å²) >= 11 is 0. The van der Waals surface area contributed by atoms with Gasteiger partial charge in [0.25, 0.3) is 0 Å². The molecule has 3 heteroatoms. The molecule has 1 aromatic heterocycles. The molecule has 1 atom stereocenters. The lowest BCUT2D eigenvalue weighted by molar-refractivity contribution is 0.872. The molecule has 2 rings (SSSR count). The van der Waals surface area contributed by atoms with Gasteiger partial charge in [0.2, 0.25) is 0 Å². The highest BCUT2D eigenvalue weighted by Gasteiger charge is 2.08. The molecule has 0 amide bonds. The second-order valence-electron chi connectivity index (χ2n) is 3.42. The molecule has 1 aromatic carbocycles. The highest BCUT2D eigenvalue weighted by molar-refractivity contribution is 5.30. The Bertz CT molecular complexity index is 389. The Hall–Kier alpha value is -1.61. The van der Waals surface area contributed by atoms with Crippen molar-refractivity contribution in [2.45, 2.75) is 13.0 Å². The molecule has 1 heterocycles. The summed E-state index contributed by atoms with van der Waals surface area (Å²) in [6.07, 6.45) is 3.58. The van der Waals surface area contributed by atoms with Crippen LogP contribution in [0.5, 0.6) is 0 Å². The minimum atomic E-state index is -0.0886. The second kappa shape index (κ2) is 3.64. The van der Waals surface area contributed by atoms with E-state index in [2.05, 4.69) is 29.3 Å². The Morgan fingerprint density at radius 2 is 1.93 bits per heavy atom. The number of nitrogens with one attached hydrogen (secondary N) is 1. The standard InChI is InChI=1S/C11H13N3/c1-8-2-4-9(5-3-8)11(12)10-6-13-14-7-10/h2-7,11H,12H2,1H3,(H,13,14). The summed E-state index contributed by atoms with van der Waals surface area (Å²) in [5.74, 6) is 0. The maximum absolute atomic E-state index is 6.05. The summed E-state index contributed by atoms with van der Waals surface area (Å²) in [6, 6.07) is 8.14. The molecule has 1 unspecified atom stereocenters. The Morgan fingerprint density at radius 1 is 1.21 bits per heavy atom. The van der Waals surface area contributed by atoms with Crippen molar-refractivity contribution in [3.05, 3.63) is 53.3 Å². The van der Waals surface area contributed by atoms with E-state index < -0.39 is 0 Å². The van der Waals surface area contributed by atoms with Crippen molar-refractivity contribution in [2.75, 3.05) is 0 Å². The van der Waals surface area contributed by atoms with E-state index in [9.17, 15) is 0 Å². The van der Waals surface area contributed by atoms with Gasteiger partial charge in [0.05, 0.1) is 12.2 Å². The summed E-state index contributed by atoms with van der Waals surface area (Å²) in [6.45, 7) is 2.06. The van der Waals surface area contributed by atoms with Gasteiger partial charge < -0.3 is 5.73 Å². The molecular formula is C11H13N3. The Balaban J connectivity index is 2.28. The zero-order valence-electron chi connectivity index (χ0n) is 8.07. The fourth-order valence-corrected chi connectivity index (χ4v) is 1.40. The normalized spacial score (nSPS) is 12.7. The number of nitrogens with two attached hydrogens (primary N) is 1. The van der Waals surface area contributed by atoms with Gasteiger partial charge in [-0.1, -0.05) is 29.8 Å². The molecule has 0 radical (unpaired) electrons. The number of H-pyrrole nitrogens is 1. The van der Waals surface area contributed by atoms with Crippen molar-refractivity contribution in [3.63, 3.8) is 0 Å². The van der Waals surface area contributed by atoms with Gasteiger partial charge >= 0.3 is 0 Å². The van der Waals surface area contributed by atoms with Gasteiger partial charge in [-0.05, 0) is 12.5 Å². The van der Waals surface area contributed by atoms with Crippen LogP contribution in [0.3, 0.4) is 0 Å². The fraction of sp³-hybridized carbons (Fsp3) is 0.182. The summed E-state index contributed by atoms with van der Waals surface area (Å²) < 4.78 is 0. The van der Waals surface area contributed by atoms with Crippen LogP contribution in [0.15, 0.2) is 36.7 Å². The van der Waals surface area contributed by atoms with Gasteiger partial charge in [-0.25, -0.2) is 0 Å². The lowest BCUT2D eigenvalue weighted by atomic mass is 10.0. The Morgan fingerprint density at radius 3 is 2.50 bits per heavy atom. The molecule has 0 aliphatic rings. The number of nitrogens with zero attached hydrogens (tertiary/aromatic N) is 1. The van der Waals surface area contributed by atoms with E-state index in [1.807, 2.05) is 18.3 Å². The van der Waals surface area contributed by atoms with Crippen molar-refractivity contribution in [2.24, 2.45) is 5.73 Å². The smallest absolute Gasteiger partial charge is 0.0582 e. The summed E-state index contributed by atoms with van der Waals surface area (Å²) in [7, 11) is 0. The lowest BCUT2D eigenvalue weighted by Crippen LogP contribution is -2.10. The maximum atomic E-state index is 6.05. The van der Waals surface area contributed by atoms with Gasteiger partial charge in [-0.2, -0.15) is 5.10 Å². The average molecular weight is 187 g/mol. The van der Waals surface area contributed by atoms with Gasteiger partial charge in [0.1, 0.15) is 0 Å². The van der Waals surface area contributed by atoms with Crippen LogP contribution in [-0.2, 0) is 0 Å². The number of aromatic amines is 1. The Kier molecular flexibility index (Phi) is 2.33. The average Bonchev–Trinajstić information content (AvgIpc) is 2.71. The highest BCUT2D eigenvalue weighted by Crippen LogP contribution is 2.18. The molecule has 2 aromatic rings. The van der Waals surface area contributed by atoms with Crippen LogP contribution in [-0.4, -0.2) is 10.2 Å². The largest absolute Gasteiger partial charge is 0.320 e. The van der Waals surface area contributed by atoms with Crippen LogP contribution in [0.25, 0.3) is 0 Å². The zero-order valence-corrected chi connectivity index (χ0v) is 8.07. The molecule has 0 spiro atoms. The van der Waals surface area contributed by atoms with E-state index in [1.54, 1.807) is 6.20 Å². The third-order valence-electron chi connectivity index (χ3n) is 2.31. The number of hydrogen-bond acceptors (Lipinski definition) is 2. The van der Waals surface area contributed by atoms with Crippen LogP contribution in [0, 0.1) is 6.92 Å². The fourth-order valence-electron chi connectivity index (χ4n) is 1.40. The number of benzene rings is 1. The molecule has 72 valence electrons. The van der Waals surface area contributed by atoms with Crippen LogP contribution < -0.4 is 5.73 Å². The molecule has 0 bridgehead atoms. The van der Waals surface area contributed by atoms with Crippen LogP contribution in [0.1, 0.15) is 22.7 Å². The SMILES string of the molecule is Cc1ccc(C(N)c2cn[nH]c2)cc1. The third-order valence-corrected chi connectivity index (χ3v) is 2.31. The monoisotopic (exact) mass is 187 g/mol. The van der Waals surface area contributed by atoms with E-state index in [1.165, 1.54) is 5.56 Å². The van der Waals surface area contributed by atoms with Gasteiger partial charge in [-0.3, -0.25) is 5.10 Å². The first-order chi connectivity index (χ1) is 6.77. The topological polar surface area (TPSA) is 54.7 Å². The summed E-state index contributed by atoms with van der Waals surface area (Å²) in [4.78, 5) is 0. The molecule has 0 fully saturated rings. The first-order valence-electron chi connectivity index (χ1n) is 4.58. The minimum absolute atomic E-state index is 0.0886. The second-order valence-corrected chi connectivity index (χ2v) is 3.42. The molecule has 3 nitrogen and oxygen atoms in total. The molecule has 0 aliphatic heterocycles. The summed E-state index contributed by atoms with van der Waals surface area (Å²) in [5.41, 5.74) is 9.41. The predicted octanol–water partition coefficient (Wildman–Crippen LogP) is 1.77. The number of aryl methyl sites for hydroxylation is 1. The van der Waals surface area contributed by atoms with Crippen LogP contribution in [0.2, 0.25) is 0 Å². The number of hydrogen-bond donors (Lipinski definition) is 2.